The van der Waals surface area contributed by atoms with Crippen molar-refractivity contribution in [1.82, 2.24) is 0 Å². The van der Waals surface area contributed by atoms with Crippen LogP contribution in [0.5, 0.6) is 0 Å². The SMILES string of the molecule is CCCCCCOC[C@H](CO)OCCCCCC. The van der Waals surface area contributed by atoms with Crippen molar-refractivity contribution in [3.05, 3.63) is 0 Å². The Bertz CT molecular complexity index is 151. The summed E-state index contributed by atoms with van der Waals surface area (Å²) in [5.41, 5.74) is 0. The summed E-state index contributed by atoms with van der Waals surface area (Å²) in [6.45, 7) is 6.51. The molecule has 0 amide bonds. The average Bonchev–Trinajstić information content (AvgIpc) is 2.40. The molecule has 0 radical (unpaired) electrons. The third-order valence-electron chi connectivity index (χ3n) is 3.00. The van der Waals surface area contributed by atoms with Crippen molar-refractivity contribution in [1.29, 1.82) is 0 Å². The molecule has 0 aromatic heterocycles. The van der Waals surface area contributed by atoms with Gasteiger partial charge in [0.25, 0.3) is 0 Å². The van der Waals surface area contributed by atoms with Crippen LogP contribution in [0.1, 0.15) is 65.2 Å². The molecule has 0 spiro atoms. The molecule has 0 saturated heterocycles. The lowest BCUT2D eigenvalue weighted by Gasteiger charge is -2.15. The Labute approximate surface area is 113 Å². The van der Waals surface area contributed by atoms with Crippen molar-refractivity contribution in [3.8, 4) is 0 Å². The number of aliphatic hydroxyl groups excluding tert-OH is 1. The van der Waals surface area contributed by atoms with Gasteiger partial charge in [-0.15, -0.1) is 0 Å². The van der Waals surface area contributed by atoms with Crippen molar-refractivity contribution >= 4 is 0 Å². The van der Waals surface area contributed by atoms with Gasteiger partial charge < -0.3 is 14.6 Å². The fraction of sp³-hybridized carbons (Fsp3) is 1.00. The van der Waals surface area contributed by atoms with Gasteiger partial charge in [0.1, 0.15) is 6.10 Å². The van der Waals surface area contributed by atoms with E-state index < -0.39 is 0 Å². The lowest BCUT2D eigenvalue weighted by atomic mass is 10.2. The first-order valence-electron chi connectivity index (χ1n) is 7.65. The summed E-state index contributed by atoms with van der Waals surface area (Å²) in [4.78, 5) is 0. The van der Waals surface area contributed by atoms with E-state index in [4.69, 9.17) is 14.6 Å². The maximum absolute atomic E-state index is 9.16. The minimum absolute atomic E-state index is 0.0583. The zero-order valence-electron chi connectivity index (χ0n) is 12.3. The summed E-state index contributed by atoms with van der Waals surface area (Å²) in [6.07, 6.45) is 9.54. The number of unbranched alkanes of at least 4 members (excludes halogenated alkanes) is 6. The van der Waals surface area contributed by atoms with Crippen molar-refractivity contribution < 1.29 is 14.6 Å². The van der Waals surface area contributed by atoms with E-state index in [-0.39, 0.29) is 12.7 Å². The molecule has 0 aromatic carbocycles. The normalized spacial score (nSPS) is 12.8. The van der Waals surface area contributed by atoms with E-state index in [0.717, 1.165) is 26.1 Å². The molecule has 18 heavy (non-hydrogen) atoms. The van der Waals surface area contributed by atoms with Gasteiger partial charge in [-0.3, -0.25) is 0 Å². The molecule has 1 N–H and O–H groups in total. The van der Waals surface area contributed by atoms with E-state index in [2.05, 4.69) is 13.8 Å². The predicted octanol–water partition coefficient (Wildman–Crippen LogP) is 3.54. The monoisotopic (exact) mass is 260 g/mol. The van der Waals surface area contributed by atoms with Crippen molar-refractivity contribution in [2.24, 2.45) is 0 Å². The van der Waals surface area contributed by atoms with Crippen LogP contribution in [-0.2, 0) is 9.47 Å². The largest absolute Gasteiger partial charge is 0.394 e. The number of ether oxygens (including phenoxy) is 2. The highest BCUT2D eigenvalue weighted by Crippen LogP contribution is 2.03. The molecule has 0 aliphatic heterocycles. The highest BCUT2D eigenvalue weighted by molar-refractivity contribution is 4.54. The summed E-state index contributed by atoms with van der Waals surface area (Å²) >= 11 is 0. The molecule has 0 rings (SSSR count). The Morgan fingerprint density at radius 2 is 1.44 bits per heavy atom. The summed E-state index contributed by atoms with van der Waals surface area (Å²) < 4.78 is 11.1. The lowest BCUT2D eigenvalue weighted by molar-refractivity contribution is -0.0437. The summed E-state index contributed by atoms with van der Waals surface area (Å²) in [5.74, 6) is 0. The predicted molar refractivity (Wildman–Crippen MR) is 75.9 cm³/mol. The Morgan fingerprint density at radius 3 is 2.00 bits per heavy atom. The molecule has 3 nitrogen and oxygen atoms in total. The van der Waals surface area contributed by atoms with Gasteiger partial charge in [-0.05, 0) is 12.8 Å². The van der Waals surface area contributed by atoms with Gasteiger partial charge in [-0.1, -0.05) is 52.4 Å². The molecular weight excluding hydrogens is 228 g/mol. The van der Waals surface area contributed by atoms with Gasteiger partial charge in [-0.2, -0.15) is 0 Å². The van der Waals surface area contributed by atoms with E-state index in [0.29, 0.717) is 6.61 Å². The molecule has 0 aliphatic rings. The van der Waals surface area contributed by atoms with Crippen LogP contribution >= 0.6 is 0 Å². The van der Waals surface area contributed by atoms with Crippen LogP contribution in [0.3, 0.4) is 0 Å². The van der Waals surface area contributed by atoms with E-state index >= 15 is 0 Å². The fourth-order valence-electron chi connectivity index (χ4n) is 1.78. The van der Waals surface area contributed by atoms with E-state index in [9.17, 15) is 0 Å². The molecule has 0 fully saturated rings. The standard InChI is InChI=1S/C15H32O3/c1-3-5-7-9-11-17-14-15(13-16)18-12-10-8-6-4-2/h15-16H,3-14H2,1-2H3/t15-/m0/s1. The number of hydrogen-bond acceptors (Lipinski definition) is 3. The minimum atomic E-state index is -0.141. The van der Waals surface area contributed by atoms with E-state index in [1.165, 1.54) is 38.5 Å². The average molecular weight is 260 g/mol. The van der Waals surface area contributed by atoms with Crippen molar-refractivity contribution in [2.75, 3.05) is 26.4 Å². The second kappa shape index (κ2) is 14.9. The maximum Gasteiger partial charge on any atom is 0.104 e. The zero-order chi connectivity index (χ0) is 13.5. The second-order valence-electron chi connectivity index (χ2n) is 4.87. The quantitative estimate of drug-likeness (QED) is 0.485. The third-order valence-corrected chi connectivity index (χ3v) is 3.00. The first-order valence-corrected chi connectivity index (χ1v) is 7.65. The van der Waals surface area contributed by atoms with Crippen LogP contribution in [0.4, 0.5) is 0 Å². The van der Waals surface area contributed by atoms with Crippen molar-refractivity contribution in [2.45, 2.75) is 71.3 Å². The third kappa shape index (κ3) is 12.3. The smallest absolute Gasteiger partial charge is 0.104 e. The molecule has 110 valence electrons. The van der Waals surface area contributed by atoms with Gasteiger partial charge in [-0.25, -0.2) is 0 Å². The first kappa shape index (κ1) is 17.9. The topological polar surface area (TPSA) is 38.7 Å². The van der Waals surface area contributed by atoms with Crippen LogP contribution in [0.15, 0.2) is 0 Å². The lowest BCUT2D eigenvalue weighted by Crippen LogP contribution is -2.24. The fourth-order valence-corrected chi connectivity index (χ4v) is 1.78. The molecule has 0 unspecified atom stereocenters. The Balaban J connectivity index is 3.29. The molecule has 1 atom stereocenters. The Kier molecular flexibility index (Phi) is 14.8. The van der Waals surface area contributed by atoms with Gasteiger partial charge in [0.2, 0.25) is 0 Å². The second-order valence-corrected chi connectivity index (χ2v) is 4.87. The highest BCUT2D eigenvalue weighted by atomic mass is 16.5. The number of hydrogen-bond donors (Lipinski definition) is 1. The molecule has 0 aliphatic carbocycles. The van der Waals surface area contributed by atoms with E-state index in [1.54, 1.807) is 0 Å². The molecular formula is C15H32O3. The number of aliphatic hydroxyl groups is 1. The summed E-state index contributed by atoms with van der Waals surface area (Å²) in [7, 11) is 0. The summed E-state index contributed by atoms with van der Waals surface area (Å²) in [6, 6.07) is 0. The Morgan fingerprint density at radius 1 is 0.833 bits per heavy atom. The van der Waals surface area contributed by atoms with Gasteiger partial charge in [0.05, 0.1) is 13.2 Å². The van der Waals surface area contributed by atoms with Crippen molar-refractivity contribution in [3.63, 3.8) is 0 Å². The number of rotatable bonds is 14. The first-order chi connectivity index (χ1) is 8.85. The van der Waals surface area contributed by atoms with Crippen LogP contribution < -0.4 is 0 Å². The maximum atomic E-state index is 9.16. The molecule has 0 bridgehead atoms. The molecule has 0 aromatic rings. The zero-order valence-corrected chi connectivity index (χ0v) is 12.3. The van der Waals surface area contributed by atoms with E-state index in [1.807, 2.05) is 0 Å². The minimum Gasteiger partial charge on any atom is -0.394 e. The van der Waals surface area contributed by atoms with Gasteiger partial charge in [0.15, 0.2) is 0 Å². The van der Waals surface area contributed by atoms with Gasteiger partial charge in [0, 0.05) is 13.2 Å². The Hall–Kier alpha value is -0.120. The van der Waals surface area contributed by atoms with Crippen LogP contribution in [-0.4, -0.2) is 37.6 Å². The highest BCUT2D eigenvalue weighted by Gasteiger charge is 2.07. The molecule has 3 heteroatoms. The molecule has 0 saturated carbocycles. The summed E-state index contributed by atoms with van der Waals surface area (Å²) in [5, 5.41) is 9.16. The molecule has 0 heterocycles. The van der Waals surface area contributed by atoms with Crippen LogP contribution in [0.25, 0.3) is 0 Å². The van der Waals surface area contributed by atoms with Gasteiger partial charge >= 0.3 is 0 Å². The van der Waals surface area contributed by atoms with Crippen LogP contribution in [0, 0.1) is 0 Å². The van der Waals surface area contributed by atoms with Crippen LogP contribution in [0.2, 0.25) is 0 Å².